The van der Waals surface area contributed by atoms with Gasteiger partial charge in [-0.1, -0.05) is 0 Å². The second kappa shape index (κ2) is 5.71. The fourth-order valence-corrected chi connectivity index (χ4v) is 2.41. The lowest BCUT2D eigenvalue weighted by atomic mass is 10.1. The summed E-state index contributed by atoms with van der Waals surface area (Å²) in [5.74, 6) is 1.12. The van der Waals surface area contributed by atoms with Crippen molar-refractivity contribution in [2.24, 2.45) is 0 Å². The van der Waals surface area contributed by atoms with Gasteiger partial charge in [-0.15, -0.1) is 0 Å². The van der Waals surface area contributed by atoms with Crippen LogP contribution in [-0.4, -0.2) is 33.2 Å². The van der Waals surface area contributed by atoms with Crippen molar-refractivity contribution in [3.05, 3.63) is 29.2 Å². The van der Waals surface area contributed by atoms with Gasteiger partial charge in [0.15, 0.2) is 5.65 Å². The summed E-state index contributed by atoms with van der Waals surface area (Å²) >= 11 is 1.85. The smallest absolute Gasteiger partial charge is 0.155 e. The molecular weight excluding hydrogens is 244 g/mol. The van der Waals surface area contributed by atoms with Crippen molar-refractivity contribution < 1.29 is 0 Å². The van der Waals surface area contributed by atoms with E-state index in [0.717, 1.165) is 29.3 Å². The molecule has 0 radical (unpaired) electrons. The van der Waals surface area contributed by atoms with E-state index in [9.17, 15) is 0 Å². The minimum absolute atomic E-state index is 0.304. The van der Waals surface area contributed by atoms with Gasteiger partial charge in [-0.25, -0.2) is 9.50 Å². The number of hydrogen-bond acceptors (Lipinski definition) is 4. The molecule has 0 saturated heterocycles. The van der Waals surface area contributed by atoms with E-state index in [1.54, 1.807) is 0 Å². The lowest BCUT2D eigenvalue weighted by Gasteiger charge is -2.16. The molecule has 2 heterocycles. The molecule has 0 aliphatic heterocycles. The van der Waals surface area contributed by atoms with Gasteiger partial charge < -0.3 is 5.32 Å². The molecule has 2 aromatic heterocycles. The Morgan fingerprint density at radius 1 is 1.44 bits per heavy atom. The van der Waals surface area contributed by atoms with Crippen LogP contribution in [0.1, 0.15) is 29.9 Å². The predicted molar refractivity (Wildman–Crippen MR) is 77.3 cm³/mol. The molecule has 1 atom stereocenters. The molecule has 0 bridgehead atoms. The molecule has 0 spiro atoms. The molecule has 0 fully saturated rings. The molecule has 2 aromatic rings. The lowest BCUT2D eigenvalue weighted by molar-refractivity contribution is 0.589. The largest absolute Gasteiger partial charge is 0.309 e. The molecule has 4 nitrogen and oxygen atoms in total. The Bertz CT molecular complexity index is 535. The van der Waals surface area contributed by atoms with Gasteiger partial charge in [0.2, 0.25) is 0 Å². The van der Waals surface area contributed by atoms with Crippen LogP contribution < -0.4 is 5.32 Å². The third-order valence-electron chi connectivity index (χ3n) is 3.11. The van der Waals surface area contributed by atoms with Gasteiger partial charge in [-0.3, -0.25) is 0 Å². The standard InChI is InChI=1S/C13H20N4S/c1-9-7-13-15-8-12(11(3)17(13)16-9)10(2)14-5-6-18-4/h7-8,10,14H,5-6H2,1-4H3. The number of hydrogen-bond donors (Lipinski definition) is 1. The van der Waals surface area contributed by atoms with E-state index in [1.807, 2.05) is 35.5 Å². The van der Waals surface area contributed by atoms with Crippen LogP contribution in [0.3, 0.4) is 0 Å². The molecule has 0 saturated carbocycles. The summed E-state index contributed by atoms with van der Waals surface area (Å²) in [6.45, 7) is 7.28. The zero-order valence-corrected chi connectivity index (χ0v) is 12.2. The molecule has 0 aliphatic carbocycles. The van der Waals surface area contributed by atoms with Crippen molar-refractivity contribution in [1.82, 2.24) is 19.9 Å². The first-order valence-corrected chi connectivity index (χ1v) is 7.57. The Balaban J connectivity index is 2.24. The first kappa shape index (κ1) is 13.4. The number of nitrogens with zero attached hydrogens (tertiary/aromatic N) is 3. The average molecular weight is 264 g/mol. The predicted octanol–water partition coefficient (Wildman–Crippen LogP) is 2.36. The summed E-state index contributed by atoms with van der Waals surface area (Å²) in [5.41, 5.74) is 4.31. The SMILES string of the molecule is CSCCNC(C)c1cnc2cc(C)nn2c1C. The van der Waals surface area contributed by atoms with Gasteiger partial charge in [0.1, 0.15) is 0 Å². The van der Waals surface area contributed by atoms with E-state index in [-0.39, 0.29) is 0 Å². The molecule has 1 unspecified atom stereocenters. The summed E-state index contributed by atoms with van der Waals surface area (Å²) in [7, 11) is 0. The molecular formula is C13H20N4S. The Morgan fingerprint density at radius 2 is 2.22 bits per heavy atom. The molecule has 18 heavy (non-hydrogen) atoms. The number of aromatic nitrogens is 3. The lowest BCUT2D eigenvalue weighted by Crippen LogP contribution is -2.23. The van der Waals surface area contributed by atoms with Crippen molar-refractivity contribution in [3.63, 3.8) is 0 Å². The van der Waals surface area contributed by atoms with Crippen molar-refractivity contribution >= 4 is 17.4 Å². The third kappa shape index (κ3) is 2.67. The molecule has 98 valence electrons. The highest BCUT2D eigenvalue weighted by atomic mass is 32.2. The van der Waals surface area contributed by atoms with Crippen molar-refractivity contribution in [2.45, 2.75) is 26.8 Å². The van der Waals surface area contributed by atoms with Crippen LogP contribution >= 0.6 is 11.8 Å². The van der Waals surface area contributed by atoms with E-state index >= 15 is 0 Å². The molecule has 0 amide bonds. The second-order valence-electron chi connectivity index (χ2n) is 4.52. The van der Waals surface area contributed by atoms with Gasteiger partial charge >= 0.3 is 0 Å². The Morgan fingerprint density at radius 3 is 2.94 bits per heavy atom. The maximum Gasteiger partial charge on any atom is 0.155 e. The molecule has 1 N–H and O–H groups in total. The molecule has 0 aromatic carbocycles. The monoisotopic (exact) mass is 264 g/mol. The Hall–Kier alpha value is -1.07. The van der Waals surface area contributed by atoms with Crippen LogP contribution in [0.4, 0.5) is 0 Å². The van der Waals surface area contributed by atoms with Gasteiger partial charge in [-0.2, -0.15) is 16.9 Å². The van der Waals surface area contributed by atoms with Crippen LogP contribution in [0.2, 0.25) is 0 Å². The number of aryl methyl sites for hydroxylation is 2. The minimum Gasteiger partial charge on any atom is -0.309 e. The minimum atomic E-state index is 0.304. The highest BCUT2D eigenvalue weighted by molar-refractivity contribution is 7.98. The zero-order valence-electron chi connectivity index (χ0n) is 11.4. The average Bonchev–Trinajstić information content (AvgIpc) is 2.71. The van der Waals surface area contributed by atoms with Gasteiger partial charge in [0.05, 0.1) is 5.69 Å². The zero-order chi connectivity index (χ0) is 13.1. The quantitative estimate of drug-likeness (QED) is 0.842. The van der Waals surface area contributed by atoms with E-state index in [1.165, 1.54) is 5.56 Å². The fraction of sp³-hybridized carbons (Fsp3) is 0.538. The maximum absolute atomic E-state index is 4.47. The third-order valence-corrected chi connectivity index (χ3v) is 3.72. The van der Waals surface area contributed by atoms with E-state index in [2.05, 4.69) is 35.5 Å². The van der Waals surface area contributed by atoms with Crippen LogP contribution in [0.5, 0.6) is 0 Å². The van der Waals surface area contributed by atoms with E-state index in [4.69, 9.17) is 0 Å². The van der Waals surface area contributed by atoms with Crippen LogP contribution in [-0.2, 0) is 0 Å². The number of rotatable bonds is 5. The summed E-state index contributed by atoms with van der Waals surface area (Å²) in [6.07, 6.45) is 4.08. The second-order valence-corrected chi connectivity index (χ2v) is 5.51. The fourth-order valence-electron chi connectivity index (χ4n) is 2.09. The normalized spacial score (nSPS) is 13.1. The maximum atomic E-state index is 4.47. The summed E-state index contributed by atoms with van der Waals surface area (Å²) in [6, 6.07) is 2.31. The van der Waals surface area contributed by atoms with E-state index in [0.29, 0.717) is 6.04 Å². The molecule has 0 aliphatic rings. The summed E-state index contributed by atoms with van der Waals surface area (Å²) in [5, 5.41) is 7.98. The van der Waals surface area contributed by atoms with Crippen molar-refractivity contribution in [2.75, 3.05) is 18.6 Å². The molecule has 5 heteroatoms. The van der Waals surface area contributed by atoms with Gasteiger partial charge in [-0.05, 0) is 27.0 Å². The van der Waals surface area contributed by atoms with Crippen LogP contribution in [0.15, 0.2) is 12.3 Å². The Labute approximate surface area is 112 Å². The van der Waals surface area contributed by atoms with Crippen LogP contribution in [0, 0.1) is 13.8 Å². The Kier molecular flexibility index (Phi) is 4.24. The van der Waals surface area contributed by atoms with Crippen molar-refractivity contribution in [1.29, 1.82) is 0 Å². The van der Waals surface area contributed by atoms with Gasteiger partial charge in [0.25, 0.3) is 0 Å². The number of nitrogens with one attached hydrogen (secondary N) is 1. The van der Waals surface area contributed by atoms with Gasteiger partial charge in [0, 0.05) is 41.9 Å². The van der Waals surface area contributed by atoms with Crippen molar-refractivity contribution in [3.8, 4) is 0 Å². The highest BCUT2D eigenvalue weighted by Crippen LogP contribution is 2.17. The number of thioether (sulfide) groups is 1. The highest BCUT2D eigenvalue weighted by Gasteiger charge is 2.12. The first-order valence-electron chi connectivity index (χ1n) is 6.17. The molecule has 2 rings (SSSR count). The summed E-state index contributed by atoms with van der Waals surface area (Å²) in [4.78, 5) is 4.47. The summed E-state index contributed by atoms with van der Waals surface area (Å²) < 4.78 is 1.93. The topological polar surface area (TPSA) is 42.2 Å². The van der Waals surface area contributed by atoms with Crippen LogP contribution in [0.25, 0.3) is 5.65 Å². The number of fused-ring (bicyclic) bond motifs is 1. The first-order chi connectivity index (χ1) is 8.63. The van der Waals surface area contributed by atoms with E-state index < -0.39 is 0 Å².